The van der Waals surface area contributed by atoms with Crippen LogP contribution in [0.2, 0.25) is 0 Å². The van der Waals surface area contributed by atoms with Crippen molar-refractivity contribution >= 4 is 82.2 Å². The zero-order chi connectivity index (χ0) is 37.2. The molecular formula is C34H27N9NaO7S2+. The van der Waals surface area contributed by atoms with Gasteiger partial charge in [0.05, 0.1) is 33.8 Å². The standard InChI is InChI=1S/C34H27N9O7S2.Na/c35-22-10-15-27(26(36)18-22)41-38-24-11-6-19(7-12-24)20-8-13-25(14-9-20)40-42-32-28(51(45,46)47)16-21-17-29(52(48,49)50)33(34(44)30(21)31(32)37)43-39-23-4-2-1-3-5-23;/h1-18,44H,35-37H2,(H,45,46,47)(H,48,49,50);/q;+1. The average Bonchev–Trinajstić information content (AvgIpc) is 3.10. The second-order valence-corrected chi connectivity index (χ2v) is 13.9. The summed E-state index contributed by atoms with van der Waals surface area (Å²) < 4.78 is 69.4. The number of phenolic OH excluding ortho intramolecular Hbond substituents is 1. The predicted octanol–water partition coefficient (Wildman–Crippen LogP) is 5.70. The molecule has 262 valence electrons. The quantitative estimate of drug-likeness (QED) is 0.0452. The molecule has 0 atom stereocenters. The number of anilines is 3. The number of fused-ring (bicyclic) bond motifs is 1. The number of hydrogen-bond acceptors (Lipinski definition) is 14. The molecule has 0 amide bonds. The number of nitrogen functional groups attached to an aromatic ring is 3. The van der Waals surface area contributed by atoms with Crippen LogP contribution in [-0.4, -0.2) is 31.0 Å². The Labute approximate surface area is 324 Å². The molecule has 53 heavy (non-hydrogen) atoms. The first kappa shape index (κ1) is 38.6. The number of azo groups is 3. The number of hydrogen-bond donors (Lipinski definition) is 6. The van der Waals surface area contributed by atoms with Gasteiger partial charge in [0.25, 0.3) is 20.2 Å². The molecule has 0 bridgehead atoms. The molecule has 6 aromatic rings. The Bertz CT molecular complexity index is 2660. The third-order valence-electron chi connectivity index (χ3n) is 7.55. The van der Waals surface area contributed by atoms with Crippen LogP contribution in [0.5, 0.6) is 5.75 Å². The van der Waals surface area contributed by atoms with Crippen LogP contribution in [0, 0.1) is 0 Å². The second kappa shape index (κ2) is 15.6. The molecule has 0 aliphatic carbocycles. The molecule has 0 aliphatic heterocycles. The van der Waals surface area contributed by atoms with Crippen molar-refractivity contribution in [3.05, 3.63) is 109 Å². The third-order valence-corrected chi connectivity index (χ3v) is 9.28. The Balaban J connectivity index is 0.00000541. The molecule has 19 heteroatoms. The van der Waals surface area contributed by atoms with Gasteiger partial charge in [-0.25, -0.2) is 0 Å². The van der Waals surface area contributed by atoms with E-state index in [2.05, 4.69) is 30.7 Å². The molecule has 16 nitrogen and oxygen atoms in total. The van der Waals surface area contributed by atoms with Gasteiger partial charge < -0.3 is 22.3 Å². The van der Waals surface area contributed by atoms with Gasteiger partial charge in [-0.05, 0) is 83.2 Å². The molecule has 0 unspecified atom stereocenters. The van der Waals surface area contributed by atoms with Crippen molar-refractivity contribution < 1.29 is 60.6 Å². The van der Waals surface area contributed by atoms with Crippen LogP contribution in [0.15, 0.2) is 150 Å². The maximum Gasteiger partial charge on any atom is 1.00 e. The summed E-state index contributed by atoms with van der Waals surface area (Å²) in [7, 11) is -10.1. The molecular weight excluding hydrogens is 734 g/mol. The van der Waals surface area contributed by atoms with Crippen molar-refractivity contribution in [1.29, 1.82) is 0 Å². The van der Waals surface area contributed by atoms with E-state index in [4.69, 9.17) is 17.2 Å². The van der Waals surface area contributed by atoms with Crippen LogP contribution >= 0.6 is 0 Å². The van der Waals surface area contributed by atoms with Gasteiger partial charge in [-0.2, -0.15) is 32.2 Å². The molecule has 9 N–H and O–H groups in total. The molecule has 0 aromatic heterocycles. The van der Waals surface area contributed by atoms with Gasteiger partial charge in [0.2, 0.25) is 0 Å². The fraction of sp³-hybridized carbons (Fsp3) is 0. The Morgan fingerprint density at radius 3 is 1.51 bits per heavy atom. The van der Waals surface area contributed by atoms with Crippen LogP contribution in [0.3, 0.4) is 0 Å². The minimum absolute atomic E-state index is 0. The van der Waals surface area contributed by atoms with E-state index in [0.717, 1.165) is 23.3 Å². The average molecular weight is 761 g/mol. The van der Waals surface area contributed by atoms with Crippen LogP contribution in [-0.2, 0) is 20.2 Å². The first-order valence-electron chi connectivity index (χ1n) is 14.9. The third kappa shape index (κ3) is 8.72. The Hall–Kier alpha value is -5.60. The molecule has 0 fully saturated rings. The van der Waals surface area contributed by atoms with Crippen LogP contribution < -0.4 is 46.8 Å². The normalized spacial score (nSPS) is 12.2. The minimum Gasteiger partial charge on any atom is -0.505 e. The van der Waals surface area contributed by atoms with Crippen molar-refractivity contribution in [1.82, 2.24) is 0 Å². The molecule has 6 rings (SSSR count). The van der Waals surface area contributed by atoms with Crippen molar-refractivity contribution in [2.75, 3.05) is 17.2 Å². The van der Waals surface area contributed by atoms with E-state index in [0.29, 0.717) is 28.4 Å². The summed E-state index contributed by atoms with van der Waals surface area (Å²) in [5, 5.41) is 34.8. The maximum atomic E-state index is 12.4. The van der Waals surface area contributed by atoms with Gasteiger partial charge >= 0.3 is 29.6 Å². The molecule has 0 saturated heterocycles. The molecule has 0 spiro atoms. The summed E-state index contributed by atoms with van der Waals surface area (Å²) in [5.41, 5.74) is 20.4. The Morgan fingerprint density at radius 1 is 0.528 bits per heavy atom. The molecule has 0 saturated carbocycles. The Kier molecular flexibility index (Phi) is 11.3. The summed E-state index contributed by atoms with van der Waals surface area (Å²) in [5.74, 6) is -0.855. The zero-order valence-electron chi connectivity index (χ0n) is 27.6. The van der Waals surface area contributed by atoms with Gasteiger partial charge in [-0.15, -0.1) is 15.3 Å². The number of aromatic hydroxyl groups is 1. The number of benzene rings is 6. The zero-order valence-corrected chi connectivity index (χ0v) is 31.2. The SMILES string of the molecule is Nc1ccc(N=Nc2ccc(-c3ccc(N=Nc4c(S(=O)(=O)O)cc5cc(S(=O)(=O)O)c(N=Nc6ccccc6)c(O)c5c4N)cc3)cc2)c(N)c1.[Na+]. The smallest absolute Gasteiger partial charge is 0.505 e. The van der Waals surface area contributed by atoms with E-state index in [-0.39, 0.29) is 46.0 Å². The van der Waals surface area contributed by atoms with E-state index in [1.54, 1.807) is 84.9 Å². The maximum absolute atomic E-state index is 12.4. The van der Waals surface area contributed by atoms with Gasteiger partial charge in [0, 0.05) is 5.69 Å². The first-order valence-corrected chi connectivity index (χ1v) is 17.8. The molecule has 0 radical (unpaired) electrons. The van der Waals surface area contributed by atoms with E-state index in [1.807, 2.05) is 12.1 Å². The number of rotatable bonds is 9. The summed E-state index contributed by atoms with van der Waals surface area (Å²) in [4.78, 5) is -1.73. The monoisotopic (exact) mass is 760 g/mol. The van der Waals surface area contributed by atoms with Gasteiger partial charge in [-0.1, -0.05) is 42.5 Å². The number of phenols is 1. The fourth-order valence-corrected chi connectivity index (χ4v) is 6.36. The van der Waals surface area contributed by atoms with E-state index < -0.39 is 52.8 Å². The van der Waals surface area contributed by atoms with E-state index >= 15 is 0 Å². The largest absolute Gasteiger partial charge is 1.00 e. The van der Waals surface area contributed by atoms with Gasteiger partial charge in [-0.3, -0.25) is 9.11 Å². The first-order chi connectivity index (χ1) is 24.7. The second-order valence-electron chi connectivity index (χ2n) is 11.1. The summed E-state index contributed by atoms with van der Waals surface area (Å²) in [6.45, 7) is 0. The van der Waals surface area contributed by atoms with E-state index in [9.17, 15) is 31.0 Å². The van der Waals surface area contributed by atoms with Crippen molar-refractivity contribution in [3.8, 4) is 16.9 Å². The van der Waals surface area contributed by atoms with Crippen LogP contribution in [0.25, 0.3) is 21.9 Å². The summed E-state index contributed by atoms with van der Waals surface area (Å²) in [6, 6.07) is 28.6. The Morgan fingerprint density at radius 2 is 1.00 bits per heavy atom. The van der Waals surface area contributed by atoms with Gasteiger partial charge in [0.15, 0.2) is 5.75 Å². The summed E-state index contributed by atoms with van der Waals surface area (Å²) >= 11 is 0. The minimum atomic E-state index is -5.04. The van der Waals surface area contributed by atoms with Crippen LogP contribution in [0.1, 0.15) is 0 Å². The number of nitrogens with zero attached hydrogens (tertiary/aromatic N) is 6. The van der Waals surface area contributed by atoms with E-state index in [1.165, 1.54) is 0 Å². The van der Waals surface area contributed by atoms with Gasteiger partial charge in [0.1, 0.15) is 26.9 Å². The summed E-state index contributed by atoms with van der Waals surface area (Å²) in [6.07, 6.45) is 0. The van der Waals surface area contributed by atoms with Crippen molar-refractivity contribution in [2.24, 2.45) is 30.7 Å². The topological polar surface area (TPSA) is 281 Å². The van der Waals surface area contributed by atoms with Crippen LogP contribution in [0.4, 0.5) is 51.2 Å². The fourth-order valence-electron chi connectivity index (χ4n) is 5.03. The molecule has 6 aromatic carbocycles. The van der Waals surface area contributed by atoms with Crippen molar-refractivity contribution in [2.45, 2.75) is 9.79 Å². The number of nitrogens with two attached hydrogens (primary N) is 3. The predicted molar refractivity (Wildman–Crippen MR) is 196 cm³/mol. The molecule has 0 aliphatic rings. The van der Waals surface area contributed by atoms with Crippen molar-refractivity contribution in [3.63, 3.8) is 0 Å². The molecule has 0 heterocycles.